The van der Waals surface area contributed by atoms with E-state index >= 15 is 0 Å². The standard InChI is InChI=1S/C32H28F3N9O/c1-30(2,3)17-40-27-19(14-37)15-39-26-18(13-36)11-20(12-24(26)27)41-28(22-5-4-6-23-21(22)7-10-38-29(23)45)25-16-44(43-42-25)31(8-9-31)32(33,34)35/h4-7,10-12,15-16,28,41H,8-9,17H2,1-3H3,(H,38,45)(H,39,40). The van der Waals surface area contributed by atoms with Crippen LogP contribution in [0.3, 0.4) is 0 Å². The molecule has 0 aliphatic heterocycles. The van der Waals surface area contributed by atoms with Crippen LogP contribution in [0.25, 0.3) is 21.7 Å². The van der Waals surface area contributed by atoms with Crippen LogP contribution in [0.4, 0.5) is 24.5 Å². The zero-order chi connectivity index (χ0) is 32.1. The molecule has 1 fully saturated rings. The number of benzene rings is 2. The minimum Gasteiger partial charge on any atom is -0.383 e. The number of nitrogens with one attached hydrogen (secondary N) is 3. The van der Waals surface area contributed by atoms with E-state index in [2.05, 4.69) is 43.1 Å². The highest BCUT2D eigenvalue weighted by Gasteiger charge is 2.66. The minimum atomic E-state index is -4.50. The number of halogens is 3. The Balaban J connectivity index is 1.53. The number of aromatic amines is 1. The van der Waals surface area contributed by atoms with Crippen molar-refractivity contribution < 1.29 is 13.2 Å². The Hall–Kier alpha value is -5.43. The molecular formula is C32H28F3N9O. The van der Waals surface area contributed by atoms with Crippen LogP contribution in [0, 0.1) is 28.1 Å². The number of nitriles is 2. The molecule has 0 bridgehead atoms. The van der Waals surface area contributed by atoms with Gasteiger partial charge < -0.3 is 15.6 Å². The Morgan fingerprint density at radius 2 is 1.82 bits per heavy atom. The molecule has 3 aromatic heterocycles. The summed E-state index contributed by atoms with van der Waals surface area (Å²) in [5.74, 6) is 0. The maximum atomic E-state index is 14.0. The summed E-state index contributed by atoms with van der Waals surface area (Å²) in [4.78, 5) is 19.7. The van der Waals surface area contributed by atoms with Gasteiger partial charge in [0.05, 0.1) is 34.6 Å². The third-order valence-corrected chi connectivity index (χ3v) is 7.98. The van der Waals surface area contributed by atoms with E-state index in [0.717, 1.165) is 4.68 Å². The van der Waals surface area contributed by atoms with E-state index in [9.17, 15) is 28.5 Å². The third kappa shape index (κ3) is 5.31. The van der Waals surface area contributed by atoms with Crippen molar-refractivity contribution in [3.8, 4) is 12.1 Å². The number of fused-ring (bicyclic) bond motifs is 2. The molecule has 2 aromatic carbocycles. The summed E-state index contributed by atoms with van der Waals surface area (Å²) in [7, 11) is 0. The fourth-order valence-corrected chi connectivity index (χ4v) is 5.45. The number of anilines is 2. The summed E-state index contributed by atoms with van der Waals surface area (Å²) in [6.45, 7) is 6.65. The van der Waals surface area contributed by atoms with Gasteiger partial charge in [0.15, 0.2) is 5.54 Å². The lowest BCUT2D eigenvalue weighted by molar-refractivity contribution is -0.182. The van der Waals surface area contributed by atoms with E-state index < -0.39 is 17.8 Å². The Bertz CT molecular complexity index is 2090. The van der Waals surface area contributed by atoms with Gasteiger partial charge in [-0.1, -0.05) is 38.1 Å². The van der Waals surface area contributed by atoms with E-state index in [4.69, 9.17) is 0 Å². The monoisotopic (exact) mass is 611 g/mol. The number of pyridine rings is 2. The van der Waals surface area contributed by atoms with Gasteiger partial charge in [0.2, 0.25) is 0 Å². The fourth-order valence-electron chi connectivity index (χ4n) is 5.45. The summed E-state index contributed by atoms with van der Waals surface area (Å²) in [5.41, 5.74) is 0.0313. The molecule has 13 heteroatoms. The van der Waals surface area contributed by atoms with Crippen molar-refractivity contribution >= 4 is 33.1 Å². The van der Waals surface area contributed by atoms with Crippen LogP contribution in [-0.2, 0) is 5.54 Å². The van der Waals surface area contributed by atoms with Crippen LogP contribution in [0.1, 0.15) is 62.0 Å². The molecule has 0 radical (unpaired) electrons. The summed E-state index contributed by atoms with van der Waals surface area (Å²) >= 11 is 0. The second-order valence-corrected chi connectivity index (χ2v) is 12.4. The molecule has 1 saturated carbocycles. The highest BCUT2D eigenvalue weighted by molar-refractivity contribution is 5.99. The first-order valence-corrected chi connectivity index (χ1v) is 14.2. The largest absolute Gasteiger partial charge is 0.413 e. The molecule has 0 saturated heterocycles. The first-order chi connectivity index (χ1) is 21.3. The van der Waals surface area contributed by atoms with E-state index in [-0.39, 0.29) is 35.1 Å². The van der Waals surface area contributed by atoms with Gasteiger partial charge in [0.1, 0.15) is 17.8 Å². The molecule has 1 aliphatic carbocycles. The molecule has 3 N–H and O–H groups in total. The van der Waals surface area contributed by atoms with Gasteiger partial charge >= 0.3 is 6.18 Å². The van der Waals surface area contributed by atoms with Crippen molar-refractivity contribution in [2.75, 3.05) is 17.2 Å². The van der Waals surface area contributed by atoms with Crippen LogP contribution in [0.2, 0.25) is 0 Å². The van der Waals surface area contributed by atoms with Crippen molar-refractivity contribution in [2.45, 2.75) is 51.4 Å². The summed E-state index contributed by atoms with van der Waals surface area (Å²) in [5, 5.41) is 36.2. The van der Waals surface area contributed by atoms with Crippen molar-refractivity contribution in [1.29, 1.82) is 10.5 Å². The first kappa shape index (κ1) is 29.6. The lowest BCUT2D eigenvalue weighted by Gasteiger charge is -2.23. The van der Waals surface area contributed by atoms with Gasteiger partial charge in [0, 0.05) is 35.4 Å². The van der Waals surface area contributed by atoms with Crippen LogP contribution in [0.5, 0.6) is 0 Å². The molecule has 45 heavy (non-hydrogen) atoms. The Labute approximate surface area is 255 Å². The van der Waals surface area contributed by atoms with Crippen LogP contribution in [-0.4, -0.2) is 37.7 Å². The smallest absolute Gasteiger partial charge is 0.383 e. The number of alkyl halides is 3. The van der Waals surface area contributed by atoms with E-state index in [1.54, 1.807) is 36.4 Å². The van der Waals surface area contributed by atoms with E-state index in [0.29, 0.717) is 50.7 Å². The lowest BCUT2D eigenvalue weighted by Crippen LogP contribution is -2.35. The Kier molecular flexibility index (Phi) is 7.00. The molecule has 0 spiro atoms. The molecule has 10 nitrogen and oxygen atoms in total. The summed E-state index contributed by atoms with van der Waals surface area (Å²) in [6.07, 6.45) is -0.509. The minimum absolute atomic E-state index is 0.101. The topological polar surface area (TPSA) is 148 Å². The van der Waals surface area contributed by atoms with Crippen LogP contribution < -0.4 is 16.2 Å². The molecule has 5 aromatic rings. The number of H-pyrrole nitrogens is 1. The SMILES string of the molecule is CC(C)(C)CNc1c(C#N)cnc2c(C#N)cc(NC(c3cn(C4(C(F)(F)F)CC4)nn3)c3cccc4c(=O)[nH]ccc34)cc12. The molecular weight excluding hydrogens is 583 g/mol. The first-order valence-electron chi connectivity index (χ1n) is 14.2. The number of aromatic nitrogens is 5. The maximum Gasteiger partial charge on any atom is 0.413 e. The molecule has 1 aliphatic rings. The quantitative estimate of drug-likeness (QED) is 0.199. The van der Waals surface area contributed by atoms with Crippen molar-refractivity contribution in [1.82, 2.24) is 25.0 Å². The highest BCUT2D eigenvalue weighted by atomic mass is 19.4. The average Bonchev–Trinajstić information content (AvgIpc) is 3.69. The van der Waals surface area contributed by atoms with E-state index in [1.807, 2.05) is 20.8 Å². The van der Waals surface area contributed by atoms with Crippen molar-refractivity contribution in [3.63, 3.8) is 0 Å². The zero-order valence-corrected chi connectivity index (χ0v) is 24.6. The fraction of sp³-hybridized carbons (Fsp3) is 0.312. The maximum absolute atomic E-state index is 14.0. The molecule has 1 atom stereocenters. The molecule has 3 heterocycles. The molecule has 228 valence electrons. The van der Waals surface area contributed by atoms with Crippen LogP contribution >= 0.6 is 0 Å². The Morgan fingerprint density at radius 3 is 2.49 bits per heavy atom. The summed E-state index contributed by atoms with van der Waals surface area (Å²) < 4.78 is 42.8. The Morgan fingerprint density at radius 1 is 1.07 bits per heavy atom. The van der Waals surface area contributed by atoms with Gasteiger partial charge in [-0.15, -0.1) is 5.10 Å². The van der Waals surface area contributed by atoms with E-state index in [1.165, 1.54) is 18.6 Å². The predicted molar refractivity (Wildman–Crippen MR) is 162 cm³/mol. The van der Waals surface area contributed by atoms with Crippen molar-refractivity contribution in [2.24, 2.45) is 5.41 Å². The molecule has 1 unspecified atom stereocenters. The van der Waals surface area contributed by atoms with Crippen LogP contribution in [0.15, 0.2) is 59.8 Å². The number of nitrogens with zero attached hydrogens (tertiary/aromatic N) is 6. The van der Waals surface area contributed by atoms with Gasteiger partial charge in [-0.3, -0.25) is 9.78 Å². The number of hydrogen-bond acceptors (Lipinski definition) is 8. The number of rotatable bonds is 7. The predicted octanol–water partition coefficient (Wildman–Crippen LogP) is 6.12. The zero-order valence-electron chi connectivity index (χ0n) is 24.6. The lowest BCUT2D eigenvalue weighted by atomic mass is 9.96. The normalized spacial score (nSPS) is 14.9. The summed E-state index contributed by atoms with van der Waals surface area (Å²) in [6, 6.07) is 13.6. The molecule has 0 amide bonds. The average molecular weight is 612 g/mol. The second kappa shape index (κ2) is 10.6. The highest BCUT2D eigenvalue weighted by Crippen LogP contribution is 2.55. The van der Waals surface area contributed by atoms with Gasteiger partial charge in [-0.25, -0.2) is 4.68 Å². The second-order valence-electron chi connectivity index (χ2n) is 12.4. The van der Waals surface area contributed by atoms with Gasteiger partial charge in [-0.05, 0) is 53.5 Å². The van der Waals surface area contributed by atoms with Crippen molar-refractivity contribution in [3.05, 3.63) is 87.7 Å². The number of hydrogen-bond donors (Lipinski definition) is 3. The van der Waals surface area contributed by atoms with Gasteiger partial charge in [0.25, 0.3) is 5.56 Å². The van der Waals surface area contributed by atoms with Gasteiger partial charge in [-0.2, -0.15) is 23.7 Å². The molecule has 6 rings (SSSR count). The third-order valence-electron chi connectivity index (χ3n) is 7.98.